The third-order valence-corrected chi connectivity index (χ3v) is 6.40. The van der Waals surface area contributed by atoms with Crippen molar-refractivity contribution in [2.24, 2.45) is 0 Å². The van der Waals surface area contributed by atoms with E-state index in [-0.39, 0.29) is 5.75 Å². The van der Waals surface area contributed by atoms with E-state index < -0.39 is 9.84 Å². The number of rotatable bonds is 3. The first-order chi connectivity index (χ1) is 11.3. The number of benzene rings is 2. The third-order valence-electron chi connectivity index (χ3n) is 3.96. The summed E-state index contributed by atoms with van der Waals surface area (Å²) in [4.78, 5) is 4.93. The van der Waals surface area contributed by atoms with Gasteiger partial charge in [0.05, 0.1) is 21.9 Å². The number of fused-ring (bicyclic) bond motifs is 1. The molecule has 0 radical (unpaired) electrons. The fourth-order valence-electron chi connectivity index (χ4n) is 3.14. The van der Waals surface area contributed by atoms with Crippen LogP contribution in [0.5, 0.6) is 0 Å². The first-order valence-corrected chi connectivity index (χ1v) is 10.1. The number of aromatic nitrogens is 1. The number of hydrogen-bond donors (Lipinski definition) is 0. The molecule has 5 heteroatoms. The molecule has 3 aromatic rings. The highest BCUT2D eigenvalue weighted by atomic mass is 79.9. The average Bonchev–Trinajstić information content (AvgIpc) is 2.45. The Kier molecular flexibility index (Phi) is 4.49. The van der Waals surface area contributed by atoms with Crippen molar-refractivity contribution in [2.45, 2.75) is 31.4 Å². The zero-order chi connectivity index (χ0) is 17.5. The van der Waals surface area contributed by atoms with Gasteiger partial charge in [0.2, 0.25) is 0 Å². The Morgan fingerprint density at radius 2 is 1.62 bits per heavy atom. The molecule has 0 unspecified atom stereocenters. The Labute approximate surface area is 150 Å². The van der Waals surface area contributed by atoms with Crippen molar-refractivity contribution in [3.05, 3.63) is 69.3 Å². The Balaban J connectivity index is 2.02. The molecule has 2 aromatic carbocycles. The van der Waals surface area contributed by atoms with Gasteiger partial charge in [0.15, 0.2) is 9.84 Å². The minimum Gasteiger partial charge on any atom is -0.252 e. The first-order valence-electron chi connectivity index (χ1n) is 7.62. The fourth-order valence-corrected chi connectivity index (χ4v) is 5.32. The van der Waals surface area contributed by atoms with Crippen molar-refractivity contribution >= 4 is 36.7 Å². The van der Waals surface area contributed by atoms with E-state index in [1.54, 1.807) is 6.07 Å². The summed E-state index contributed by atoms with van der Waals surface area (Å²) in [5, 5.41) is 0.980. The molecule has 1 aromatic heterocycles. The summed E-state index contributed by atoms with van der Waals surface area (Å²) in [6, 6.07) is 13.3. The van der Waals surface area contributed by atoms with Crippen LogP contribution in [0.4, 0.5) is 0 Å². The number of hydrogen-bond acceptors (Lipinski definition) is 3. The highest BCUT2D eigenvalue weighted by molar-refractivity contribution is 9.10. The molecule has 0 saturated carbocycles. The molecule has 0 atom stereocenters. The van der Waals surface area contributed by atoms with Crippen molar-refractivity contribution in [1.82, 2.24) is 4.98 Å². The predicted molar refractivity (Wildman–Crippen MR) is 101 cm³/mol. The van der Waals surface area contributed by atoms with E-state index in [0.29, 0.717) is 10.6 Å². The van der Waals surface area contributed by atoms with Gasteiger partial charge >= 0.3 is 0 Å². The van der Waals surface area contributed by atoms with Crippen LogP contribution in [0.15, 0.2) is 51.8 Å². The molecule has 0 aliphatic rings. The fraction of sp³-hybridized carbons (Fsp3) is 0.211. The first kappa shape index (κ1) is 17.1. The lowest BCUT2D eigenvalue weighted by Crippen LogP contribution is -2.10. The van der Waals surface area contributed by atoms with E-state index >= 15 is 0 Å². The van der Waals surface area contributed by atoms with Crippen LogP contribution in [0.3, 0.4) is 0 Å². The second-order valence-electron chi connectivity index (χ2n) is 6.13. The number of pyridine rings is 1. The predicted octanol–water partition coefficient (Wildman–Crippen LogP) is 4.90. The summed E-state index contributed by atoms with van der Waals surface area (Å²) in [7, 11) is -3.44. The van der Waals surface area contributed by atoms with E-state index in [9.17, 15) is 8.42 Å². The van der Waals surface area contributed by atoms with Crippen LogP contribution in [0, 0.1) is 20.8 Å². The van der Waals surface area contributed by atoms with Gasteiger partial charge in [-0.2, -0.15) is 0 Å². The van der Waals surface area contributed by atoms with Crippen molar-refractivity contribution in [2.75, 3.05) is 0 Å². The Bertz CT molecular complexity index is 1020. The van der Waals surface area contributed by atoms with Crippen LogP contribution in [-0.4, -0.2) is 13.4 Å². The summed E-state index contributed by atoms with van der Waals surface area (Å²) in [5.41, 5.74) is 4.00. The second kappa shape index (κ2) is 6.30. The Hall–Kier alpha value is -1.72. The van der Waals surface area contributed by atoms with Gasteiger partial charge in [0.25, 0.3) is 0 Å². The maximum atomic E-state index is 12.9. The average molecular weight is 404 g/mol. The van der Waals surface area contributed by atoms with E-state index in [4.69, 9.17) is 0 Å². The molecule has 0 bridgehead atoms. The van der Waals surface area contributed by atoms with Gasteiger partial charge in [0.1, 0.15) is 0 Å². The normalized spacial score (nSPS) is 11.8. The zero-order valence-electron chi connectivity index (χ0n) is 13.8. The van der Waals surface area contributed by atoms with Crippen LogP contribution in [0.1, 0.15) is 22.4 Å². The molecule has 1 heterocycles. The molecule has 0 saturated heterocycles. The van der Waals surface area contributed by atoms with Crippen molar-refractivity contribution in [3.8, 4) is 0 Å². The van der Waals surface area contributed by atoms with Gasteiger partial charge in [-0.15, -0.1) is 0 Å². The van der Waals surface area contributed by atoms with E-state index in [1.807, 2.05) is 57.2 Å². The molecule has 0 N–H and O–H groups in total. The quantitative estimate of drug-likeness (QED) is 0.624. The van der Waals surface area contributed by atoms with E-state index in [2.05, 4.69) is 20.9 Å². The molecule has 3 nitrogen and oxygen atoms in total. The topological polar surface area (TPSA) is 47.0 Å². The molecule has 0 aliphatic carbocycles. The summed E-state index contributed by atoms with van der Waals surface area (Å²) in [6.45, 7) is 5.66. The lowest BCUT2D eigenvalue weighted by atomic mass is 10.1. The molecule has 124 valence electrons. The number of aryl methyl sites for hydroxylation is 3. The molecule has 24 heavy (non-hydrogen) atoms. The van der Waals surface area contributed by atoms with Crippen molar-refractivity contribution in [3.63, 3.8) is 0 Å². The molecule has 0 aliphatic heterocycles. The van der Waals surface area contributed by atoms with Gasteiger partial charge < -0.3 is 0 Å². The molecular weight excluding hydrogens is 386 g/mol. The maximum absolute atomic E-state index is 12.9. The smallest absolute Gasteiger partial charge is 0.184 e. The van der Waals surface area contributed by atoms with Crippen LogP contribution < -0.4 is 0 Å². The SMILES string of the molecule is Cc1cc(C)c(S(=O)(=O)Cc2ccc3cc(Br)ccc3n2)c(C)c1. The van der Waals surface area contributed by atoms with Crippen LogP contribution in [-0.2, 0) is 15.6 Å². The van der Waals surface area contributed by atoms with Gasteiger partial charge in [-0.3, -0.25) is 4.98 Å². The van der Waals surface area contributed by atoms with Crippen molar-refractivity contribution < 1.29 is 8.42 Å². The minimum atomic E-state index is -3.44. The molecular formula is C19H18BrNO2S. The van der Waals surface area contributed by atoms with Gasteiger partial charge in [-0.25, -0.2) is 8.42 Å². The van der Waals surface area contributed by atoms with Crippen molar-refractivity contribution in [1.29, 1.82) is 0 Å². The highest BCUT2D eigenvalue weighted by Crippen LogP contribution is 2.26. The molecule has 0 amide bonds. The summed E-state index contributed by atoms with van der Waals surface area (Å²) < 4.78 is 26.8. The molecule has 3 rings (SSSR count). The minimum absolute atomic E-state index is 0.0935. The standard InChI is InChI=1S/C19H18BrNO2S/c1-12-8-13(2)19(14(3)9-12)24(22,23)11-17-6-4-15-10-16(20)5-7-18(15)21-17/h4-10H,11H2,1-3H3. The van der Waals surface area contributed by atoms with Crippen LogP contribution in [0.25, 0.3) is 10.9 Å². The van der Waals surface area contributed by atoms with Gasteiger partial charge in [-0.05, 0) is 56.2 Å². The molecule has 0 fully saturated rings. The van der Waals surface area contributed by atoms with E-state index in [0.717, 1.165) is 32.1 Å². The van der Waals surface area contributed by atoms with E-state index in [1.165, 1.54) is 0 Å². The van der Waals surface area contributed by atoms with Crippen LogP contribution >= 0.6 is 15.9 Å². The monoisotopic (exact) mass is 403 g/mol. The summed E-state index contributed by atoms with van der Waals surface area (Å²) in [5.74, 6) is -0.0935. The summed E-state index contributed by atoms with van der Waals surface area (Å²) >= 11 is 3.43. The number of sulfone groups is 1. The summed E-state index contributed by atoms with van der Waals surface area (Å²) in [6.07, 6.45) is 0. The van der Waals surface area contributed by atoms with Gasteiger partial charge in [0, 0.05) is 9.86 Å². The second-order valence-corrected chi connectivity index (χ2v) is 8.97. The van der Waals surface area contributed by atoms with Gasteiger partial charge in [-0.1, -0.05) is 39.7 Å². The number of nitrogens with zero attached hydrogens (tertiary/aromatic N) is 1. The highest BCUT2D eigenvalue weighted by Gasteiger charge is 2.21. The zero-order valence-corrected chi connectivity index (χ0v) is 16.2. The number of halogens is 1. The third kappa shape index (κ3) is 3.37. The van der Waals surface area contributed by atoms with Crippen LogP contribution in [0.2, 0.25) is 0 Å². The largest absolute Gasteiger partial charge is 0.252 e. The lowest BCUT2D eigenvalue weighted by molar-refractivity contribution is 0.593. The molecule has 0 spiro atoms. The lowest BCUT2D eigenvalue weighted by Gasteiger charge is -2.12. The Morgan fingerprint density at radius 3 is 2.29 bits per heavy atom. The maximum Gasteiger partial charge on any atom is 0.184 e. The Morgan fingerprint density at radius 1 is 0.958 bits per heavy atom.